The average molecular weight is 444 g/mol. The molecule has 0 spiro atoms. The van der Waals surface area contributed by atoms with Gasteiger partial charge in [-0.15, -0.1) is 5.10 Å². The largest absolute Gasteiger partial charge is 1.00 e. The van der Waals surface area contributed by atoms with E-state index in [1.807, 2.05) is 29.9 Å². The maximum atomic E-state index is 5.60. The molecular weight excluding hydrogens is 412 g/mol. The number of aromatic nitrogens is 3. The molecule has 168 valence electrons. The highest BCUT2D eigenvalue weighted by atomic mass is 35.5. The molecule has 0 fully saturated rings. The van der Waals surface area contributed by atoms with Crippen molar-refractivity contribution in [3.05, 3.63) is 54.1 Å². The van der Waals surface area contributed by atoms with Crippen LogP contribution in [0.5, 0.6) is 11.5 Å². The standard InChI is InChI=1S/C24H32N4O2.ClH/c1-6-11-21(18-12-9-8-10-13-18)28(16-7-2)24-25-23(27(3)26-24)20-15-14-19(29-4)17-22(20)30-5;/h8-10,12-15,17,21H,6-7,11,16H2,1-5H3;1H/p-1. The van der Waals surface area contributed by atoms with Crippen LogP contribution in [0.4, 0.5) is 5.95 Å². The number of hydrogen-bond donors (Lipinski definition) is 0. The van der Waals surface area contributed by atoms with Crippen molar-refractivity contribution in [1.82, 2.24) is 14.8 Å². The highest BCUT2D eigenvalue weighted by molar-refractivity contribution is 5.67. The second kappa shape index (κ2) is 11.6. The van der Waals surface area contributed by atoms with Crippen molar-refractivity contribution in [2.45, 2.75) is 39.2 Å². The van der Waals surface area contributed by atoms with Gasteiger partial charge in [0, 0.05) is 19.7 Å². The van der Waals surface area contributed by atoms with E-state index >= 15 is 0 Å². The molecule has 0 radical (unpaired) electrons. The first-order valence-corrected chi connectivity index (χ1v) is 10.6. The first kappa shape index (κ1) is 24.5. The summed E-state index contributed by atoms with van der Waals surface area (Å²) in [6.07, 6.45) is 3.15. The first-order chi connectivity index (χ1) is 14.6. The summed E-state index contributed by atoms with van der Waals surface area (Å²) in [5.74, 6) is 2.98. The Balaban J connectivity index is 0.00000341. The summed E-state index contributed by atoms with van der Waals surface area (Å²) < 4.78 is 12.8. The van der Waals surface area contributed by atoms with Crippen LogP contribution in [-0.2, 0) is 7.05 Å². The summed E-state index contributed by atoms with van der Waals surface area (Å²) >= 11 is 0. The van der Waals surface area contributed by atoms with Crippen molar-refractivity contribution in [2.75, 3.05) is 25.7 Å². The number of methoxy groups -OCH3 is 2. The lowest BCUT2D eigenvalue weighted by atomic mass is 10.0. The number of nitrogens with zero attached hydrogens (tertiary/aromatic N) is 4. The number of hydrogen-bond acceptors (Lipinski definition) is 5. The summed E-state index contributed by atoms with van der Waals surface area (Å²) in [5, 5.41) is 4.80. The third-order valence-electron chi connectivity index (χ3n) is 5.25. The van der Waals surface area contributed by atoms with Crippen LogP contribution in [0.1, 0.15) is 44.7 Å². The van der Waals surface area contributed by atoms with Gasteiger partial charge in [-0.05, 0) is 30.5 Å². The lowest BCUT2D eigenvalue weighted by Crippen LogP contribution is -3.00. The van der Waals surface area contributed by atoms with E-state index in [2.05, 4.69) is 49.1 Å². The lowest BCUT2D eigenvalue weighted by Gasteiger charge is -2.31. The molecule has 0 aliphatic carbocycles. The van der Waals surface area contributed by atoms with Crippen LogP contribution in [0, 0.1) is 0 Å². The summed E-state index contributed by atoms with van der Waals surface area (Å²) in [5.41, 5.74) is 2.19. The molecule has 0 saturated carbocycles. The van der Waals surface area contributed by atoms with Crippen LogP contribution in [0.2, 0.25) is 0 Å². The Bertz CT molecular complexity index is 946. The minimum absolute atomic E-state index is 0. The predicted molar refractivity (Wildman–Crippen MR) is 121 cm³/mol. The average Bonchev–Trinajstić information content (AvgIpc) is 3.17. The molecule has 7 heteroatoms. The van der Waals surface area contributed by atoms with E-state index in [0.29, 0.717) is 5.75 Å². The Hall–Kier alpha value is -2.73. The number of benzene rings is 2. The zero-order chi connectivity index (χ0) is 21.5. The van der Waals surface area contributed by atoms with Crippen molar-refractivity contribution in [1.29, 1.82) is 0 Å². The predicted octanol–water partition coefficient (Wildman–Crippen LogP) is 2.26. The van der Waals surface area contributed by atoms with Gasteiger partial charge in [0.2, 0.25) is 5.95 Å². The fourth-order valence-corrected chi connectivity index (χ4v) is 3.80. The Kier molecular flexibility index (Phi) is 9.19. The van der Waals surface area contributed by atoms with Gasteiger partial charge in [-0.3, -0.25) is 0 Å². The second-order valence-corrected chi connectivity index (χ2v) is 7.33. The molecule has 1 atom stereocenters. The van der Waals surface area contributed by atoms with Gasteiger partial charge in [0.25, 0.3) is 0 Å². The molecule has 3 rings (SSSR count). The second-order valence-electron chi connectivity index (χ2n) is 7.33. The molecule has 0 amide bonds. The molecule has 2 aromatic carbocycles. The van der Waals surface area contributed by atoms with Gasteiger partial charge in [0.1, 0.15) is 11.5 Å². The molecular formula is C24H32ClN4O2-. The van der Waals surface area contributed by atoms with E-state index in [1.165, 1.54) is 5.56 Å². The van der Waals surface area contributed by atoms with Gasteiger partial charge < -0.3 is 26.8 Å². The van der Waals surface area contributed by atoms with Gasteiger partial charge in [-0.25, -0.2) is 4.68 Å². The van der Waals surface area contributed by atoms with Crippen LogP contribution in [-0.4, -0.2) is 35.5 Å². The maximum absolute atomic E-state index is 5.60. The van der Waals surface area contributed by atoms with Crippen molar-refractivity contribution in [3.63, 3.8) is 0 Å². The molecule has 1 unspecified atom stereocenters. The SMILES string of the molecule is CCCC(c1ccccc1)N(CCC)c1nc(-c2ccc(OC)cc2OC)n(C)n1.[Cl-]. The zero-order valence-electron chi connectivity index (χ0n) is 19.0. The topological polar surface area (TPSA) is 52.4 Å². The van der Waals surface area contributed by atoms with Crippen molar-refractivity contribution >= 4 is 5.95 Å². The number of anilines is 1. The smallest absolute Gasteiger partial charge is 0.245 e. The molecule has 1 heterocycles. The van der Waals surface area contributed by atoms with E-state index < -0.39 is 0 Å². The van der Waals surface area contributed by atoms with Gasteiger partial charge in [0.15, 0.2) is 5.82 Å². The highest BCUT2D eigenvalue weighted by Crippen LogP contribution is 2.35. The molecule has 0 saturated heterocycles. The van der Waals surface area contributed by atoms with E-state index in [1.54, 1.807) is 14.2 Å². The normalized spacial score (nSPS) is 11.5. The van der Waals surface area contributed by atoms with Gasteiger partial charge in [0.05, 0.1) is 25.8 Å². The fourth-order valence-electron chi connectivity index (χ4n) is 3.80. The van der Waals surface area contributed by atoms with Crippen LogP contribution >= 0.6 is 0 Å². The van der Waals surface area contributed by atoms with Gasteiger partial charge >= 0.3 is 0 Å². The Morgan fingerprint density at radius 2 is 1.74 bits per heavy atom. The molecule has 0 N–H and O–H groups in total. The monoisotopic (exact) mass is 443 g/mol. The van der Waals surface area contributed by atoms with Crippen LogP contribution < -0.4 is 26.8 Å². The van der Waals surface area contributed by atoms with Crippen molar-refractivity contribution < 1.29 is 21.9 Å². The molecule has 0 bridgehead atoms. The highest BCUT2D eigenvalue weighted by Gasteiger charge is 2.25. The zero-order valence-corrected chi connectivity index (χ0v) is 19.8. The summed E-state index contributed by atoms with van der Waals surface area (Å²) in [7, 11) is 5.23. The molecule has 3 aromatic rings. The Labute approximate surface area is 191 Å². The van der Waals surface area contributed by atoms with Crippen LogP contribution in [0.25, 0.3) is 11.4 Å². The summed E-state index contributed by atoms with van der Waals surface area (Å²) in [6, 6.07) is 16.6. The van der Waals surface area contributed by atoms with Crippen LogP contribution in [0.15, 0.2) is 48.5 Å². The van der Waals surface area contributed by atoms with E-state index in [9.17, 15) is 0 Å². The number of rotatable bonds is 10. The summed E-state index contributed by atoms with van der Waals surface area (Å²) in [4.78, 5) is 7.28. The maximum Gasteiger partial charge on any atom is 0.245 e. The van der Waals surface area contributed by atoms with E-state index in [-0.39, 0.29) is 18.4 Å². The molecule has 1 aromatic heterocycles. The van der Waals surface area contributed by atoms with Crippen molar-refractivity contribution in [3.8, 4) is 22.9 Å². The van der Waals surface area contributed by atoms with Crippen molar-refractivity contribution in [2.24, 2.45) is 7.05 Å². The van der Waals surface area contributed by atoms with E-state index in [0.717, 1.165) is 48.9 Å². The Morgan fingerprint density at radius 1 is 1.00 bits per heavy atom. The fraction of sp³-hybridized carbons (Fsp3) is 0.417. The van der Waals surface area contributed by atoms with Gasteiger partial charge in [-0.2, -0.15) is 4.98 Å². The first-order valence-electron chi connectivity index (χ1n) is 10.6. The third kappa shape index (κ3) is 5.50. The minimum Gasteiger partial charge on any atom is -1.00 e. The van der Waals surface area contributed by atoms with E-state index in [4.69, 9.17) is 19.6 Å². The molecule has 0 aliphatic heterocycles. The number of aryl methyl sites for hydroxylation is 1. The summed E-state index contributed by atoms with van der Waals surface area (Å²) in [6.45, 7) is 5.31. The third-order valence-corrected chi connectivity index (χ3v) is 5.25. The van der Waals surface area contributed by atoms with Crippen LogP contribution in [0.3, 0.4) is 0 Å². The molecule has 31 heavy (non-hydrogen) atoms. The minimum atomic E-state index is 0. The number of halogens is 1. The molecule has 6 nitrogen and oxygen atoms in total. The quantitative estimate of drug-likeness (QED) is 0.481. The number of ether oxygens (including phenoxy) is 2. The Morgan fingerprint density at radius 3 is 2.35 bits per heavy atom. The lowest BCUT2D eigenvalue weighted by molar-refractivity contribution is -0.00000709. The molecule has 0 aliphatic rings. The van der Waals surface area contributed by atoms with Gasteiger partial charge in [-0.1, -0.05) is 50.6 Å².